The number of nitrogens with zero attached hydrogens (tertiary/aromatic N) is 2. The second kappa shape index (κ2) is 5.82. The Morgan fingerprint density at radius 1 is 1.10 bits per heavy atom. The van der Waals surface area contributed by atoms with E-state index >= 15 is 0 Å². The van der Waals surface area contributed by atoms with Gasteiger partial charge in [0.05, 0.1) is 0 Å². The molecule has 0 radical (unpaired) electrons. The van der Waals surface area contributed by atoms with Crippen molar-refractivity contribution in [3.8, 4) is 11.5 Å². The second-order valence-electron chi connectivity index (χ2n) is 3.98. The van der Waals surface area contributed by atoms with Crippen molar-refractivity contribution in [1.82, 2.24) is 10.2 Å². The van der Waals surface area contributed by atoms with Crippen LogP contribution in [-0.4, -0.2) is 16.1 Å². The molecule has 2 aromatic heterocycles. The number of benzene rings is 1. The van der Waals surface area contributed by atoms with E-state index in [1.54, 1.807) is 6.07 Å². The Kier molecular flexibility index (Phi) is 3.89. The molecule has 21 heavy (non-hydrogen) atoms. The molecule has 0 fully saturated rings. The van der Waals surface area contributed by atoms with Crippen LogP contribution < -0.4 is 5.32 Å². The van der Waals surface area contributed by atoms with Crippen molar-refractivity contribution in [2.24, 2.45) is 0 Å². The molecule has 1 amide bonds. The van der Waals surface area contributed by atoms with Crippen molar-refractivity contribution in [3.63, 3.8) is 0 Å². The van der Waals surface area contributed by atoms with Gasteiger partial charge in [0.25, 0.3) is 5.91 Å². The topological polar surface area (TPSA) is 81.2 Å². The standard InChI is InChI=1S/C13H7Br2N3O3/c14-8-3-1-2-7(6-8)12-17-18-13(21-12)16-11(19)9-4-5-10(15)20-9/h1-6H,(H,16,18,19). The van der Waals surface area contributed by atoms with Crippen LogP contribution in [-0.2, 0) is 0 Å². The lowest BCUT2D eigenvalue weighted by Gasteiger charge is -1.97. The van der Waals surface area contributed by atoms with E-state index < -0.39 is 5.91 Å². The number of carbonyl (C=O) groups excluding carboxylic acids is 1. The molecular formula is C13H7Br2N3O3. The van der Waals surface area contributed by atoms with E-state index in [1.165, 1.54) is 6.07 Å². The van der Waals surface area contributed by atoms with E-state index in [1.807, 2.05) is 24.3 Å². The number of aromatic nitrogens is 2. The Bertz CT molecular complexity index is 797. The van der Waals surface area contributed by atoms with Gasteiger partial charge in [0.1, 0.15) is 0 Å². The molecule has 0 unspecified atom stereocenters. The maximum Gasteiger partial charge on any atom is 0.322 e. The summed E-state index contributed by atoms with van der Waals surface area (Å²) in [4.78, 5) is 11.9. The van der Waals surface area contributed by atoms with Gasteiger partial charge >= 0.3 is 6.01 Å². The summed E-state index contributed by atoms with van der Waals surface area (Å²) in [7, 11) is 0. The third kappa shape index (κ3) is 3.22. The highest BCUT2D eigenvalue weighted by Gasteiger charge is 2.15. The summed E-state index contributed by atoms with van der Waals surface area (Å²) < 4.78 is 11.9. The van der Waals surface area contributed by atoms with Crippen molar-refractivity contribution in [3.05, 3.63) is 51.3 Å². The molecule has 0 aliphatic carbocycles. The fourth-order valence-electron chi connectivity index (χ4n) is 1.61. The minimum atomic E-state index is -0.467. The quantitative estimate of drug-likeness (QED) is 0.700. The first-order valence-electron chi connectivity index (χ1n) is 5.78. The number of amides is 1. The number of carbonyl (C=O) groups is 1. The van der Waals surface area contributed by atoms with Gasteiger partial charge in [0, 0.05) is 10.0 Å². The number of nitrogens with one attached hydrogen (secondary N) is 1. The van der Waals surface area contributed by atoms with Gasteiger partial charge in [-0.2, -0.15) is 0 Å². The minimum Gasteiger partial charge on any atom is -0.444 e. The zero-order valence-electron chi connectivity index (χ0n) is 10.3. The van der Waals surface area contributed by atoms with E-state index in [-0.39, 0.29) is 11.8 Å². The molecule has 2 heterocycles. The van der Waals surface area contributed by atoms with E-state index in [4.69, 9.17) is 8.83 Å². The molecule has 1 aromatic carbocycles. The highest BCUT2D eigenvalue weighted by Crippen LogP contribution is 2.23. The van der Waals surface area contributed by atoms with E-state index in [0.717, 1.165) is 10.0 Å². The van der Waals surface area contributed by atoms with Crippen LogP contribution in [0.3, 0.4) is 0 Å². The summed E-state index contributed by atoms with van der Waals surface area (Å²) in [6, 6.07) is 10.6. The summed E-state index contributed by atoms with van der Waals surface area (Å²) in [5.74, 6) is -0.0125. The molecule has 1 N–H and O–H groups in total. The second-order valence-corrected chi connectivity index (χ2v) is 5.68. The number of hydrogen-bond acceptors (Lipinski definition) is 5. The fraction of sp³-hybridized carbons (Fsp3) is 0. The molecule has 3 aromatic rings. The van der Waals surface area contributed by atoms with Crippen molar-refractivity contribution in [2.45, 2.75) is 0 Å². The molecule has 0 aliphatic heterocycles. The predicted octanol–water partition coefficient (Wildman–Crippen LogP) is 4.11. The van der Waals surface area contributed by atoms with Gasteiger partial charge < -0.3 is 8.83 Å². The Balaban J connectivity index is 1.78. The maximum atomic E-state index is 11.9. The minimum absolute atomic E-state index is 0.00231. The number of rotatable bonds is 3. The first-order chi connectivity index (χ1) is 10.1. The number of anilines is 1. The van der Waals surface area contributed by atoms with Crippen LogP contribution in [0.25, 0.3) is 11.5 Å². The van der Waals surface area contributed by atoms with Crippen LogP contribution in [0.5, 0.6) is 0 Å². The molecule has 3 rings (SSSR count). The molecule has 8 heteroatoms. The highest BCUT2D eigenvalue weighted by molar-refractivity contribution is 9.10. The van der Waals surface area contributed by atoms with Crippen molar-refractivity contribution in [2.75, 3.05) is 5.32 Å². The molecule has 0 spiro atoms. The average molecular weight is 413 g/mol. The first-order valence-corrected chi connectivity index (χ1v) is 7.36. The Hall–Kier alpha value is -1.93. The number of hydrogen-bond donors (Lipinski definition) is 1. The summed E-state index contributed by atoms with van der Waals surface area (Å²) in [6.07, 6.45) is 0. The summed E-state index contributed by atoms with van der Waals surface area (Å²) in [6.45, 7) is 0. The van der Waals surface area contributed by atoms with Crippen LogP contribution >= 0.6 is 31.9 Å². The average Bonchev–Trinajstić information content (AvgIpc) is 3.08. The summed E-state index contributed by atoms with van der Waals surface area (Å²) >= 11 is 6.49. The number of furan rings is 1. The van der Waals surface area contributed by atoms with Crippen molar-refractivity contribution >= 4 is 43.8 Å². The third-order valence-electron chi connectivity index (χ3n) is 2.51. The lowest BCUT2D eigenvalue weighted by atomic mass is 10.2. The van der Waals surface area contributed by atoms with E-state index in [9.17, 15) is 4.79 Å². The Morgan fingerprint density at radius 2 is 1.95 bits per heavy atom. The predicted molar refractivity (Wildman–Crippen MR) is 81.8 cm³/mol. The van der Waals surface area contributed by atoms with Gasteiger partial charge in [-0.1, -0.05) is 27.1 Å². The van der Waals surface area contributed by atoms with Crippen LogP contribution in [0, 0.1) is 0 Å². The monoisotopic (exact) mass is 411 g/mol. The van der Waals surface area contributed by atoms with Crippen molar-refractivity contribution < 1.29 is 13.6 Å². The highest BCUT2D eigenvalue weighted by atomic mass is 79.9. The Labute approximate surface area is 135 Å². The van der Waals surface area contributed by atoms with Crippen molar-refractivity contribution in [1.29, 1.82) is 0 Å². The zero-order valence-corrected chi connectivity index (χ0v) is 13.5. The number of halogens is 2. The molecule has 0 bridgehead atoms. The third-order valence-corrected chi connectivity index (χ3v) is 3.43. The Morgan fingerprint density at radius 3 is 2.67 bits per heavy atom. The van der Waals surface area contributed by atoms with Gasteiger partial charge in [-0.25, -0.2) is 0 Å². The van der Waals surface area contributed by atoms with Crippen LogP contribution in [0.4, 0.5) is 6.01 Å². The van der Waals surface area contributed by atoms with Gasteiger partial charge in [-0.15, -0.1) is 5.10 Å². The fourth-order valence-corrected chi connectivity index (χ4v) is 2.31. The zero-order chi connectivity index (χ0) is 14.8. The van der Waals surface area contributed by atoms with Crippen LogP contribution in [0.15, 0.2) is 54.4 Å². The lowest BCUT2D eigenvalue weighted by molar-refractivity contribution is 0.0992. The summed E-state index contributed by atoms with van der Waals surface area (Å²) in [5.41, 5.74) is 0.748. The van der Waals surface area contributed by atoms with Gasteiger partial charge in [0.2, 0.25) is 5.89 Å². The van der Waals surface area contributed by atoms with Crippen LogP contribution in [0.1, 0.15) is 10.6 Å². The van der Waals surface area contributed by atoms with E-state index in [0.29, 0.717) is 10.6 Å². The summed E-state index contributed by atoms with van der Waals surface area (Å²) in [5, 5.41) is 10.1. The largest absolute Gasteiger partial charge is 0.444 e. The van der Waals surface area contributed by atoms with Gasteiger partial charge in [-0.3, -0.25) is 10.1 Å². The molecule has 0 saturated heterocycles. The molecule has 6 nitrogen and oxygen atoms in total. The molecule has 0 atom stereocenters. The smallest absolute Gasteiger partial charge is 0.322 e. The van der Waals surface area contributed by atoms with E-state index in [2.05, 4.69) is 47.4 Å². The van der Waals surface area contributed by atoms with Gasteiger partial charge in [-0.05, 0) is 46.3 Å². The molecule has 0 aliphatic rings. The molecule has 0 saturated carbocycles. The normalized spacial score (nSPS) is 10.6. The first kappa shape index (κ1) is 14.0. The maximum absolute atomic E-state index is 11.9. The molecular weight excluding hydrogens is 406 g/mol. The lowest BCUT2D eigenvalue weighted by Crippen LogP contribution is -2.10. The SMILES string of the molecule is O=C(Nc1nnc(-c2cccc(Br)c2)o1)c1ccc(Br)o1. The molecule has 106 valence electrons. The van der Waals surface area contributed by atoms with Gasteiger partial charge in [0.15, 0.2) is 10.4 Å². The van der Waals surface area contributed by atoms with Crippen LogP contribution in [0.2, 0.25) is 0 Å².